The Labute approximate surface area is 124 Å². The van der Waals surface area contributed by atoms with Crippen molar-refractivity contribution in [3.63, 3.8) is 0 Å². The molecule has 1 aromatic carbocycles. The van der Waals surface area contributed by atoms with Gasteiger partial charge in [0.15, 0.2) is 0 Å². The molecule has 2 rings (SSSR count). The molecule has 1 heterocycles. The van der Waals surface area contributed by atoms with Crippen molar-refractivity contribution in [2.24, 2.45) is 0 Å². The number of carbonyl (C=O) groups is 1. The molecule has 0 atom stereocenters. The van der Waals surface area contributed by atoms with Gasteiger partial charge in [-0.25, -0.2) is 0 Å². The summed E-state index contributed by atoms with van der Waals surface area (Å²) in [6, 6.07) is 5.06. The van der Waals surface area contributed by atoms with E-state index in [1.807, 2.05) is 0 Å². The zero-order chi connectivity index (χ0) is 15.2. The molecule has 1 fully saturated rings. The van der Waals surface area contributed by atoms with Crippen LogP contribution in [0.25, 0.3) is 0 Å². The number of piperidine rings is 1. The topological polar surface area (TPSA) is 85.0 Å². The number of likely N-dealkylation sites (tertiary alicyclic amines) is 1. The first-order chi connectivity index (χ1) is 10.2. The molecular formula is C15H22N2O4. The maximum atomic E-state index is 12.5. The molecule has 6 heteroatoms. The second-order valence-electron chi connectivity index (χ2n) is 5.05. The van der Waals surface area contributed by atoms with Gasteiger partial charge >= 0.3 is 0 Å². The van der Waals surface area contributed by atoms with E-state index in [1.165, 1.54) is 7.11 Å². The average Bonchev–Trinajstić information content (AvgIpc) is 2.52. The quantitative estimate of drug-likeness (QED) is 0.788. The van der Waals surface area contributed by atoms with E-state index >= 15 is 0 Å². The molecule has 1 saturated heterocycles. The molecule has 1 aliphatic heterocycles. The second-order valence-corrected chi connectivity index (χ2v) is 5.05. The van der Waals surface area contributed by atoms with Crippen LogP contribution < -0.4 is 10.5 Å². The Morgan fingerprint density at radius 3 is 2.76 bits per heavy atom. The highest BCUT2D eigenvalue weighted by atomic mass is 16.5. The van der Waals surface area contributed by atoms with Crippen LogP contribution >= 0.6 is 0 Å². The molecule has 6 nitrogen and oxygen atoms in total. The Bertz CT molecular complexity index is 485. The number of nitrogen functional groups attached to an aromatic ring is 1. The van der Waals surface area contributed by atoms with Crippen LogP contribution in [0.3, 0.4) is 0 Å². The number of ether oxygens (including phenoxy) is 2. The third kappa shape index (κ3) is 3.86. The molecule has 0 aliphatic carbocycles. The highest BCUT2D eigenvalue weighted by Gasteiger charge is 2.25. The van der Waals surface area contributed by atoms with E-state index in [0.29, 0.717) is 36.7 Å². The van der Waals surface area contributed by atoms with E-state index in [4.69, 9.17) is 20.3 Å². The summed E-state index contributed by atoms with van der Waals surface area (Å²) in [5.41, 5.74) is 6.80. The summed E-state index contributed by atoms with van der Waals surface area (Å²) in [4.78, 5) is 14.3. The van der Waals surface area contributed by atoms with Crippen molar-refractivity contribution in [3.8, 4) is 5.75 Å². The van der Waals surface area contributed by atoms with Crippen LogP contribution in [0.2, 0.25) is 0 Å². The summed E-state index contributed by atoms with van der Waals surface area (Å²) < 4.78 is 10.7. The number of amides is 1. The molecule has 116 valence electrons. The van der Waals surface area contributed by atoms with Gasteiger partial charge in [0.2, 0.25) is 0 Å². The SMILES string of the molecule is COc1cc(N)ccc1C(=O)N1CCC(OCCO)CC1. The molecule has 3 N–H and O–H groups in total. The van der Waals surface area contributed by atoms with Crippen molar-refractivity contribution in [1.82, 2.24) is 4.90 Å². The predicted molar refractivity (Wildman–Crippen MR) is 79.4 cm³/mol. The third-order valence-electron chi connectivity index (χ3n) is 3.63. The minimum absolute atomic E-state index is 0.0295. The van der Waals surface area contributed by atoms with Crippen molar-refractivity contribution in [2.75, 3.05) is 39.1 Å². The second kappa shape index (κ2) is 7.28. The van der Waals surface area contributed by atoms with Gasteiger partial charge in [-0.3, -0.25) is 4.79 Å². The average molecular weight is 294 g/mol. The first-order valence-corrected chi connectivity index (χ1v) is 7.11. The summed E-state index contributed by atoms with van der Waals surface area (Å²) in [7, 11) is 1.53. The number of rotatable bonds is 5. The number of hydrogen-bond acceptors (Lipinski definition) is 5. The Balaban J connectivity index is 1.99. The smallest absolute Gasteiger partial charge is 0.257 e. The number of nitrogens with zero attached hydrogens (tertiary/aromatic N) is 1. The highest BCUT2D eigenvalue weighted by molar-refractivity contribution is 5.97. The van der Waals surface area contributed by atoms with Crippen molar-refractivity contribution < 1.29 is 19.4 Å². The van der Waals surface area contributed by atoms with Crippen LogP contribution in [-0.2, 0) is 4.74 Å². The summed E-state index contributed by atoms with van der Waals surface area (Å²) in [6.07, 6.45) is 1.68. The highest BCUT2D eigenvalue weighted by Crippen LogP contribution is 2.24. The lowest BCUT2D eigenvalue weighted by Gasteiger charge is -2.32. The first-order valence-electron chi connectivity index (χ1n) is 7.11. The molecule has 0 aromatic heterocycles. The van der Waals surface area contributed by atoms with E-state index in [2.05, 4.69) is 0 Å². The van der Waals surface area contributed by atoms with Gasteiger partial charge in [-0.15, -0.1) is 0 Å². The van der Waals surface area contributed by atoms with Gasteiger partial charge in [-0.05, 0) is 25.0 Å². The minimum Gasteiger partial charge on any atom is -0.496 e. The molecule has 0 unspecified atom stereocenters. The van der Waals surface area contributed by atoms with Crippen LogP contribution in [0.5, 0.6) is 5.75 Å². The van der Waals surface area contributed by atoms with Gasteiger partial charge in [0.05, 0.1) is 32.0 Å². The first kappa shape index (κ1) is 15.6. The molecule has 0 radical (unpaired) electrons. The fraction of sp³-hybridized carbons (Fsp3) is 0.533. The van der Waals surface area contributed by atoms with Crippen LogP contribution in [0.15, 0.2) is 18.2 Å². The largest absolute Gasteiger partial charge is 0.496 e. The van der Waals surface area contributed by atoms with Crippen LogP contribution in [0.1, 0.15) is 23.2 Å². The monoisotopic (exact) mass is 294 g/mol. The molecule has 1 aliphatic rings. The number of anilines is 1. The fourth-order valence-corrected chi connectivity index (χ4v) is 2.50. The van der Waals surface area contributed by atoms with Crippen LogP contribution in [0.4, 0.5) is 5.69 Å². The number of nitrogens with two attached hydrogens (primary N) is 1. The normalized spacial score (nSPS) is 16.0. The van der Waals surface area contributed by atoms with Crippen LogP contribution in [-0.4, -0.2) is 55.4 Å². The summed E-state index contributed by atoms with van der Waals surface area (Å²) in [5.74, 6) is 0.450. The number of methoxy groups -OCH3 is 1. The van der Waals surface area contributed by atoms with Gasteiger partial charge in [-0.2, -0.15) is 0 Å². The van der Waals surface area contributed by atoms with Crippen molar-refractivity contribution >= 4 is 11.6 Å². The third-order valence-corrected chi connectivity index (χ3v) is 3.63. The number of carbonyl (C=O) groups excluding carboxylic acids is 1. The van der Waals surface area contributed by atoms with E-state index in [9.17, 15) is 4.79 Å². The molecular weight excluding hydrogens is 272 g/mol. The summed E-state index contributed by atoms with van der Waals surface area (Å²) in [6.45, 7) is 1.66. The van der Waals surface area contributed by atoms with Gasteiger partial charge in [0.1, 0.15) is 5.75 Å². The Kier molecular flexibility index (Phi) is 5.41. The fourth-order valence-electron chi connectivity index (χ4n) is 2.50. The van der Waals surface area contributed by atoms with Crippen molar-refractivity contribution in [2.45, 2.75) is 18.9 Å². The number of aliphatic hydroxyl groups excluding tert-OH is 1. The number of aliphatic hydroxyl groups is 1. The predicted octanol–water partition coefficient (Wildman–Crippen LogP) is 0.891. The molecule has 0 saturated carbocycles. The van der Waals surface area contributed by atoms with Gasteiger partial charge in [-0.1, -0.05) is 0 Å². The van der Waals surface area contributed by atoms with E-state index in [0.717, 1.165) is 12.8 Å². The van der Waals surface area contributed by atoms with Gasteiger partial charge in [0, 0.05) is 24.8 Å². The molecule has 0 bridgehead atoms. The zero-order valence-corrected chi connectivity index (χ0v) is 12.2. The lowest BCUT2D eigenvalue weighted by atomic mass is 10.1. The van der Waals surface area contributed by atoms with Crippen molar-refractivity contribution in [1.29, 1.82) is 0 Å². The molecule has 1 amide bonds. The molecule has 21 heavy (non-hydrogen) atoms. The summed E-state index contributed by atoms with van der Waals surface area (Å²) >= 11 is 0. The van der Waals surface area contributed by atoms with E-state index in [-0.39, 0.29) is 18.6 Å². The maximum Gasteiger partial charge on any atom is 0.257 e. The Morgan fingerprint density at radius 1 is 1.43 bits per heavy atom. The van der Waals surface area contributed by atoms with E-state index in [1.54, 1.807) is 23.1 Å². The Morgan fingerprint density at radius 2 is 2.14 bits per heavy atom. The Hall–Kier alpha value is -1.79. The molecule has 0 spiro atoms. The standard InChI is InChI=1S/C15H22N2O4/c1-20-14-10-11(16)2-3-13(14)15(19)17-6-4-12(5-7-17)21-9-8-18/h2-3,10,12,18H,4-9,16H2,1H3. The minimum atomic E-state index is -0.0486. The lowest BCUT2D eigenvalue weighted by Crippen LogP contribution is -2.41. The van der Waals surface area contributed by atoms with Crippen LogP contribution in [0, 0.1) is 0 Å². The number of hydrogen-bond donors (Lipinski definition) is 2. The number of benzene rings is 1. The van der Waals surface area contributed by atoms with E-state index < -0.39 is 0 Å². The zero-order valence-electron chi connectivity index (χ0n) is 12.2. The van der Waals surface area contributed by atoms with Gasteiger partial charge in [0.25, 0.3) is 5.91 Å². The molecule has 1 aromatic rings. The lowest BCUT2D eigenvalue weighted by molar-refractivity contribution is -0.00558. The maximum absolute atomic E-state index is 12.5. The van der Waals surface area contributed by atoms with Crippen molar-refractivity contribution in [3.05, 3.63) is 23.8 Å². The summed E-state index contributed by atoms with van der Waals surface area (Å²) in [5, 5.41) is 8.75. The van der Waals surface area contributed by atoms with Gasteiger partial charge < -0.3 is 25.2 Å².